The average molecular weight is 371 g/mol. The molecule has 4 N–H and O–H groups in total. The minimum absolute atomic E-state index is 0. The maximum absolute atomic E-state index is 6.36. The molecule has 6 heteroatoms. The lowest BCUT2D eigenvalue weighted by atomic mass is 10.0. The molecule has 0 saturated heterocycles. The molecule has 2 aromatic carbocycles. The topological polar surface area (TPSA) is 70.5 Å². The van der Waals surface area contributed by atoms with Gasteiger partial charge in [-0.1, -0.05) is 31.5 Å². The van der Waals surface area contributed by atoms with Crippen LogP contribution in [0.2, 0.25) is 5.02 Å². The van der Waals surface area contributed by atoms with E-state index in [0.29, 0.717) is 41.1 Å². The number of hydrogen-bond donors (Lipinski definition) is 2. The fraction of sp³-hybridized carbons (Fsp3) is 0.333. The Kier molecular flexibility index (Phi) is 8.02. The van der Waals surface area contributed by atoms with Crippen LogP contribution >= 0.6 is 24.0 Å². The third-order valence-corrected chi connectivity index (χ3v) is 3.66. The van der Waals surface area contributed by atoms with Crippen molar-refractivity contribution in [2.75, 3.05) is 24.7 Å². The summed E-state index contributed by atoms with van der Waals surface area (Å²) in [5.74, 6) is 1.30. The average Bonchev–Trinajstić information content (AvgIpc) is 2.53. The Labute approximate surface area is 154 Å². The molecular weight excluding hydrogens is 347 g/mol. The first-order chi connectivity index (χ1) is 11.1. The van der Waals surface area contributed by atoms with E-state index in [-0.39, 0.29) is 12.4 Å². The molecule has 0 aliphatic carbocycles. The number of nitrogen functional groups attached to an aromatic ring is 2. The molecule has 24 heavy (non-hydrogen) atoms. The second kappa shape index (κ2) is 9.50. The van der Waals surface area contributed by atoms with Gasteiger partial charge in [0, 0.05) is 5.56 Å². The Hall–Kier alpha value is -1.78. The molecule has 0 fully saturated rings. The number of benzene rings is 2. The van der Waals surface area contributed by atoms with Gasteiger partial charge in [-0.05, 0) is 42.7 Å². The minimum Gasteiger partial charge on any atom is -0.491 e. The smallest absolute Gasteiger partial charge is 0.142 e. The lowest BCUT2D eigenvalue weighted by Crippen LogP contribution is -2.01. The number of nitrogens with two attached hydrogens (primary N) is 2. The third-order valence-electron chi connectivity index (χ3n) is 3.35. The quantitative estimate of drug-likeness (QED) is 0.659. The van der Waals surface area contributed by atoms with E-state index in [0.717, 1.165) is 24.0 Å². The van der Waals surface area contributed by atoms with Crippen LogP contribution in [0.5, 0.6) is 11.5 Å². The number of halogens is 2. The summed E-state index contributed by atoms with van der Waals surface area (Å²) in [5.41, 5.74) is 14.8. The van der Waals surface area contributed by atoms with E-state index in [2.05, 4.69) is 0 Å². The van der Waals surface area contributed by atoms with Crippen LogP contribution in [0.4, 0.5) is 11.4 Å². The van der Waals surface area contributed by atoms with E-state index >= 15 is 0 Å². The van der Waals surface area contributed by atoms with Gasteiger partial charge in [-0.3, -0.25) is 0 Å². The van der Waals surface area contributed by atoms with Gasteiger partial charge in [0.1, 0.15) is 11.5 Å². The van der Waals surface area contributed by atoms with E-state index in [9.17, 15) is 0 Å². The summed E-state index contributed by atoms with van der Waals surface area (Å²) in [6.45, 7) is 5.32. The van der Waals surface area contributed by atoms with E-state index in [1.54, 1.807) is 6.07 Å². The Balaban J connectivity index is 0.00000288. The minimum atomic E-state index is 0. The third kappa shape index (κ3) is 4.86. The number of anilines is 2. The lowest BCUT2D eigenvalue weighted by Gasteiger charge is -2.14. The van der Waals surface area contributed by atoms with Crippen molar-refractivity contribution in [1.82, 2.24) is 0 Å². The van der Waals surface area contributed by atoms with Gasteiger partial charge in [0.2, 0.25) is 0 Å². The Morgan fingerprint density at radius 2 is 1.46 bits per heavy atom. The highest BCUT2D eigenvalue weighted by Crippen LogP contribution is 2.38. The van der Waals surface area contributed by atoms with Gasteiger partial charge in [0.05, 0.1) is 29.6 Å². The van der Waals surface area contributed by atoms with Crippen LogP contribution in [-0.2, 0) is 0 Å². The lowest BCUT2D eigenvalue weighted by molar-refractivity contribution is 0.318. The van der Waals surface area contributed by atoms with Crippen molar-refractivity contribution in [1.29, 1.82) is 0 Å². The van der Waals surface area contributed by atoms with Crippen LogP contribution in [0.15, 0.2) is 30.3 Å². The predicted molar refractivity (Wildman–Crippen MR) is 105 cm³/mol. The molecule has 0 unspecified atom stereocenters. The van der Waals surface area contributed by atoms with E-state index < -0.39 is 0 Å². The van der Waals surface area contributed by atoms with Crippen molar-refractivity contribution >= 4 is 35.4 Å². The van der Waals surface area contributed by atoms with Gasteiger partial charge in [-0.2, -0.15) is 0 Å². The molecule has 0 saturated carbocycles. The fourth-order valence-corrected chi connectivity index (χ4v) is 2.45. The summed E-state index contributed by atoms with van der Waals surface area (Å²) in [6.07, 6.45) is 1.83. The van der Waals surface area contributed by atoms with Gasteiger partial charge in [-0.15, -0.1) is 12.4 Å². The largest absolute Gasteiger partial charge is 0.491 e. The molecule has 0 aliphatic rings. The highest BCUT2D eigenvalue weighted by Gasteiger charge is 2.12. The maximum atomic E-state index is 6.36. The van der Waals surface area contributed by atoms with Gasteiger partial charge >= 0.3 is 0 Å². The van der Waals surface area contributed by atoms with Crippen molar-refractivity contribution in [2.24, 2.45) is 0 Å². The van der Waals surface area contributed by atoms with Gasteiger partial charge < -0.3 is 20.9 Å². The number of hydrogen-bond acceptors (Lipinski definition) is 4. The van der Waals surface area contributed by atoms with Crippen LogP contribution in [0.3, 0.4) is 0 Å². The van der Waals surface area contributed by atoms with Gasteiger partial charge in [0.15, 0.2) is 0 Å². The second-order valence-corrected chi connectivity index (χ2v) is 5.73. The van der Waals surface area contributed by atoms with Crippen molar-refractivity contribution in [3.63, 3.8) is 0 Å². The highest BCUT2D eigenvalue weighted by molar-refractivity contribution is 6.33. The van der Waals surface area contributed by atoms with E-state index in [1.165, 1.54) is 0 Å². The Bertz CT molecular complexity index is 678. The molecular formula is C18H24Cl2N2O2. The summed E-state index contributed by atoms with van der Waals surface area (Å²) in [4.78, 5) is 0. The Morgan fingerprint density at radius 1 is 0.875 bits per heavy atom. The van der Waals surface area contributed by atoms with Crippen molar-refractivity contribution in [3.05, 3.63) is 35.4 Å². The molecule has 0 aliphatic heterocycles. The zero-order valence-corrected chi connectivity index (χ0v) is 15.5. The second-order valence-electron chi connectivity index (χ2n) is 5.32. The van der Waals surface area contributed by atoms with E-state index in [4.69, 9.17) is 32.5 Å². The van der Waals surface area contributed by atoms with Crippen LogP contribution in [0.1, 0.15) is 26.7 Å². The summed E-state index contributed by atoms with van der Waals surface area (Å²) >= 11 is 6.36. The predicted octanol–water partition coefficient (Wildman–Crippen LogP) is 5.17. The molecule has 0 heterocycles. The molecule has 4 nitrogen and oxygen atoms in total. The molecule has 0 spiro atoms. The molecule has 0 atom stereocenters. The molecule has 2 aromatic rings. The SMILES string of the molecule is CCCOc1cc(-c2cc(OCCC)c(N)cc2Cl)ccc1N.Cl. The summed E-state index contributed by atoms with van der Waals surface area (Å²) in [5, 5.41) is 0.567. The van der Waals surface area contributed by atoms with Crippen molar-refractivity contribution < 1.29 is 9.47 Å². The summed E-state index contributed by atoms with van der Waals surface area (Å²) < 4.78 is 11.4. The van der Waals surface area contributed by atoms with Crippen LogP contribution in [0.25, 0.3) is 11.1 Å². The molecule has 132 valence electrons. The fourth-order valence-electron chi connectivity index (χ4n) is 2.17. The van der Waals surface area contributed by atoms with Crippen molar-refractivity contribution in [3.8, 4) is 22.6 Å². The normalized spacial score (nSPS) is 10.1. The standard InChI is InChI=1S/C18H23ClN2O2.ClH/c1-3-7-22-17-9-12(5-6-15(17)20)13-10-18(23-8-4-2)16(21)11-14(13)19;/h5-6,9-11H,3-4,7-8,20-21H2,1-2H3;1H. The molecule has 2 rings (SSSR count). The van der Waals surface area contributed by atoms with Gasteiger partial charge in [0.25, 0.3) is 0 Å². The molecule has 0 radical (unpaired) electrons. The van der Waals surface area contributed by atoms with Crippen LogP contribution in [-0.4, -0.2) is 13.2 Å². The first-order valence-corrected chi connectivity index (χ1v) is 8.19. The van der Waals surface area contributed by atoms with E-state index in [1.807, 2.05) is 38.1 Å². The van der Waals surface area contributed by atoms with Crippen LogP contribution in [0, 0.1) is 0 Å². The first kappa shape index (κ1) is 20.3. The zero-order chi connectivity index (χ0) is 16.8. The summed E-state index contributed by atoms with van der Waals surface area (Å²) in [6, 6.07) is 9.20. The number of ether oxygens (including phenoxy) is 2. The Morgan fingerprint density at radius 3 is 2.04 bits per heavy atom. The molecule has 0 bridgehead atoms. The van der Waals surface area contributed by atoms with Crippen LogP contribution < -0.4 is 20.9 Å². The van der Waals surface area contributed by atoms with Crippen molar-refractivity contribution in [2.45, 2.75) is 26.7 Å². The monoisotopic (exact) mass is 370 g/mol. The zero-order valence-electron chi connectivity index (χ0n) is 14.0. The highest BCUT2D eigenvalue weighted by atomic mass is 35.5. The summed E-state index contributed by atoms with van der Waals surface area (Å²) in [7, 11) is 0. The molecule has 0 amide bonds. The first-order valence-electron chi connectivity index (χ1n) is 7.81. The number of rotatable bonds is 7. The molecule has 0 aromatic heterocycles. The van der Waals surface area contributed by atoms with Gasteiger partial charge in [-0.25, -0.2) is 0 Å². The maximum Gasteiger partial charge on any atom is 0.142 e.